The summed E-state index contributed by atoms with van der Waals surface area (Å²) in [5, 5.41) is 10.7. The van der Waals surface area contributed by atoms with Gasteiger partial charge in [-0.05, 0) is 44.0 Å². The highest BCUT2D eigenvalue weighted by Gasteiger charge is 2.41. The number of benzene rings is 2. The lowest BCUT2D eigenvalue weighted by Gasteiger charge is -2.37. The van der Waals surface area contributed by atoms with Gasteiger partial charge in [0.2, 0.25) is 10.0 Å². The van der Waals surface area contributed by atoms with Crippen LogP contribution in [0.15, 0.2) is 53.4 Å². The number of esters is 1. The fourth-order valence-electron chi connectivity index (χ4n) is 3.24. The molecule has 27 heavy (non-hydrogen) atoms. The number of aliphatic hydroxyl groups excluding tert-OH is 1. The zero-order valence-corrected chi connectivity index (χ0v) is 16.3. The second-order valence-electron chi connectivity index (χ2n) is 6.93. The van der Waals surface area contributed by atoms with Crippen LogP contribution in [0.3, 0.4) is 0 Å². The Morgan fingerprint density at radius 2 is 1.78 bits per heavy atom. The van der Waals surface area contributed by atoms with Gasteiger partial charge in [0.1, 0.15) is 0 Å². The number of sulfonamides is 1. The van der Waals surface area contributed by atoms with Gasteiger partial charge in [-0.1, -0.05) is 30.3 Å². The van der Waals surface area contributed by atoms with E-state index >= 15 is 0 Å². The average molecular weight is 389 g/mol. The summed E-state index contributed by atoms with van der Waals surface area (Å²) in [7, 11) is -2.18. The van der Waals surface area contributed by atoms with E-state index in [2.05, 4.69) is 0 Å². The molecule has 0 radical (unpaired) electrons. The Bertz CT molecular complexity index is 937. The lowest BCUT2D eigenvalue weighted by Crippen LogP contribution is -2.46. The van der Waals surface area contributed by atoms with Crippen molar-refractivity contribution in [2.45, 2.75) is 43.4 Å². The first-order valence-electron chi connectivity index (χ1n) is 8.76. The molecule has 0 fully saturated rings. The Balaban J connectivity index is 1.84. The van der Waals surface area contributed by atoms with Gasteiger partial charge in [0.15, 0.2) is 0 Å². The van der Waals surface area contributed by atoms with Gasteiger partial charge in [-0.3, -0.25) is 0 Å². The largest absolute Gasteiger partial charge is 0.459 e. The standard InChI is InChI=1S/C20H23NO5S/c1-13(2)26-20(23)15-10-8-14(9-11-15)12-17-19(22)16-6-4-5-7-18(16)27(24,25)21(17)3/h4-11,13,17,19,22H,12H2,1-3H3/t17-,19+/m0/s1. The summed E-state index contributed by atoms with van der Waals surface area (Å²) < 4.78 is 31.9. The van der Waals surface area contributed by atoms with Gasteiger partial charge in [-0.15, -0.1) is 0 Å². The van der Waals surface area contributed by atoms with Gasteiger partial charge in [0.25, 0.3) is 0 Å². The summed E-state index contributed by atoms with van der Waals surface area (Å²) >= 11 is 0. The average Bonchev–Trinajstić information content (AvgIpc) is 2.64. The van der Waals surface area contributed by atoms with Crippen LogP contribution in [0.5, 0.6) is 0 Å². The summed E-state index contributed by atoms with van der Waals surface area (Å²) in [5.41, 5.74) is 1.67. The Morgan fingerprint density at radius 3 is 2.41 bits per heavy atom. The molecule has 6 nitrogen and oxygen atoms in total. The number of fused-ring (bicyclic) bond motifs is 1. The van der Waals surface area contributed by atoms with Gasteiger partial charge < -0.3 is 9.84 Å². The number of likely N-dealkylation sites (N-methyl/N-ethyl adjacent to an activating group) is 1. The molecule has 1 heterocycles. The first-order valence-corrected chi connectivity index (χ1v) is 10.2. The van der Waals surface area contributed by atoms with Crippen LogP contribution in [-0.4, -0.2) is 43.0 Å². The number of ether oxygens (including phenoxy) is 1. The van der Waals surface area contributed by atoms with Crippen molar-refractivity contribution in [2.75, 3.05) is 7.05 Å². The second-order valence-corrected chi connectivity index (χ2v) is 8.89. The van der Waals surface area contributed by atoms with Crippen LogP contribution in [0, 0.1) is 0 Å². The molecule has 0 bridgehead atoms. The summed E-state index contributed by atoms with van der Waals surface area (Å²) in [6.07, 6.45) is -0.807. The molecule has 2 aromatic rings. The number of hydrogen-bond acceptors (Lipinski definition) is 5. The fraction of sp³-hybridized carbons (Fsp3) is 0.350. The maximum Gasteiger partial charge on any atom is 0.338 e. The van der Waals surface area contributed by atoms with E-state index in [9.17, 15) is 18.3 Å². The van der Waals surface area contributed by atoms with Gasteiger partial charge in [-0.2, -0.15) is 4.31 Å². The Kier molecular flexibility index (Phi) is 5.37. The van der Waals surface area contributed by atoms with Crippen molar-refractivity contribution in [1.29, 1.82) is 0 Å². The number of carbonyl (C=O) groups excluding carboxylic acids is 1. The van der Waals surface area contributed by atoms with Crippen LogP contribution in [-0.2, 0) is 21.2 Å². The molecule has 2 aromatic carbocycles. The third-order valence-corrected chi connectivity index (χ3v) is 6.66. The first-order chi connectivity index (χ1) is 12.7. The lowest BCUT2D eigenvalue weighted by molar-refractivity contribution is 0.0378. The topological polar surface area (TPSA) is 83.9 Å². The van der Waals surface area contributed by atoms with E-state index in [1.165, 1.54) is 17.4 Å². The van der Waals surface area contributed by atoms with E-state index in [1.807, 2.05) is 0 Å². The van der Waals surface area contributed by atoms with Crippen LogP contribution in [0.2, 0.25) is 0 Å². The highest BCUT2D eigenvalue weighted by atomic mass is 32.2. The molecular formula is C20H23NO5S. The van der Waals surface area contributed by atoms with Crippen LogP contribution >= 0.6 is 0 Å². The minimum absolute atomic E-state index is 0.142. The van der Waals surface area contributed by atoms with Gasteiger partial charge >= 0.3 is 5.97 Å². The lowest BCUT2D eigenvalue weighted by atomic mass is 9.95. The third kappa shape index (κ3) is 3.76. The van der Waals surface area contributed by atoms with E-state index in [0.29, 0.717) is 17.5 Å². The SMILES string of the molecule is CC(C)OC(=O)c1ccc(C[C@H]2[C@H](O)c3ccccc3S(=O)(=O)N2C)cc1. The predicted molar refractivity (Wildman–Crippen MR) is 101 cm³/mol. The molecule has 1 N–H and O–H groups in total. The molecule has 2 atom stereocenters. The Morgan fingerprint density at radius 1 is 1.15 bits per heavy atom. The molecule has 1 aliphatic heterocycles. The van der Waals surface area contributed by atoms with Crippen molar-refractivity contribution in [2.24, 2.45) is 0 Å². The molecule has 0 saturated heterocycles. The summed E-state index contributed by atoms with van der Waals surface area (Å²) in [6, 6.07) is 12.7. The number of carbonyl (C=O) groups is 1. The molecule has 0 saturated carbocycles. The molecule has 7 heteroatoms. The quantitative estimate of drug-likeness (QED) is 0.813. The zero-order valence-electron chi connectivity index (χ0n) is 15.5. The molecule has 144 valence electrons. The highest BCUT2D eigenvalue weighted by Crippen LogP contribution is 2.36. The zero-order chi connectivity index (χ0) is 19.8. The van der Waals surface area contributed by atoms with Crippen molar-refractivity contribution in [3.05, 3.63) is 65.2 Å². The molecule has 3 rings (SSSR count). The van der Waals surface area contributed by atoms with Crippen molar-refractivity contribution in [1.82, 2.24) is 4.31 Å². The smallest absolute Gasteiger partial charge is 0.338 e. The van der Waals surface area contributed by atoms with E-state index in [0.717, 1.165) is 5.56 Å². The molecule has 0 unspecified atom stereocenters. The molecule has 1 aliphatic rings. The van der Waals surface area contributed by atoms with Crippen LogP contribution < -0.4 is 0 Å². The van der Waals surface area contributed by atoms with E-state index in [4.69, 9.17) is 4.74 Å². The van der Waals surface area contributed by atoms with Crippen LogP contribution in [0.1, 0.15) is 41.4 Å². The fourth-order valence-corrected chi connectivity index (χ4v) is 4.83. The number of rotatable bonds is 4. The minimum atomic E-state index is -3.66. The summed E-state index contributed by atoms with van der Waals surface area (Å²) in [5.74, 6) is -0.400. The monoisotopic (exact) mass is 389 g/mol. The first kappa shape index (κ1) is 19.5. The third-order valence-electron chi connectivity index (χ3n) is 4.70. The minimum Gasteiger partial charge on any atom is -0.459 e. The van der Waals surface area contributed by atoms with Gasteiger partial charge in [0, 0.05) is 12.6 Å². The molecular weight excluding hydrogens is 366 g/mol. The van der Waals surface area contributed by atoms with Crippen molar-refractivity contribution < 1.29 is 23.1 Å². The van der Waals surface area contributed by atoms with Crippen LogP contribution in [0.25, 0.3) is 0 Å². The predicted octanol–water partition coefficient (Wildman–Crippen LogP) is 2.53. The normalized spacial score (nSPS) is 21.7. The summed E-state index contributed by atoms with van der Waals surface area (Å²) in [6.45, 7) is 3.57. The molecule has 0 spiro atoms. The van der Waals surface area contributed by atoms with E-state index in [-0.39, 0.29) is 11.0 Å². The van der Waals surface area contributed by atoms with Gasteiger partial charge in [-0.25, -0.2) is 13.2 Å². The van der Waals surface area contributed by atoms with Gasteiger partial charge in [0.05, 0.1) is 28.7 Å². The maximum absolute atomic E-state index is 12.7. The number of nitrogens with zero attached hydrogens (tertiary/aromatic N) is 1. The van der Waals surface area contributed by atoms with E-state index < -0.39 is 28.1 Å². The highest BCUT2D eigenvalue weighted by molar-refractivity contribution is 7.89. The molecule has 0 amide bonds. The number of hydrogen-bond donors (Lipinski definition) is 1. The molecule has 0 aromatic heterocycles. The van der Waals surface area contributed by atoms with E-state index in [1.54, 1.807) is 56.3 Å². The van der Waals surface area contributed by atoms with Crippen molar-refractivity contribution in [3.63, 3.8) is 0 Å². The number of aliphatic hydroxyl groups is 1. The second kappa shape index (κ2) is 7.42. The Hall–Kier alpha value is -2.22. The van der Waals surface area contributed by atoms with Crippen molar-refractivity contribution in [3.8, 4) is 0 Å². The maximum atomic E-state index is 12.7. The molecule has 0 aliphatic carbocycles. The van der Waals surface area contributed by atoms with Crippen LogP contribution in [0.4, 0.5) is 0 Å². The van der Waals surface area contributed by atoms with Crippen molar-refractivity contribution >= 4 is 16.0 Å². The summed E-state index contributed by atoms with van der Waals surface area (Å²) in [4.78, 5) is 12.1. The Labute approximate surface area is 159 Å².